The molecule has 0 aromatic heterocycles. The SMILES string of the molecule is CC=O.CNCC1CN(c2ccc(B3OC(C)(C)C(C)(C)O3)c(F)c2)C(=O)O1. The molecule has 1 N–H and O–H groups in total. The van der Waals surface area contributed by atoms with E-state index in [-0.39, 0.29) is 6.10 Å². The van der Waals surface area contributed by atoms with Gasteiger partial charge in [0.1, 0.15) is 18.2 Å². The van der Waals surface area contributed by atoms with Crippen molar-refractivity contribution in [3.05, 3.63) is 24.0 Å². The third-order valence-electron chi connectivity index (χ3n) is 5.11. The number of ether oxygens (including phenoxy) is 1. The zero-order valence-corrected chi connectivity index (χ0v) is 17.2. The topological polar surface area (TPSA) is 77.1 Å². The van der Waals surface area contributed by atoms with E-state index in [9.17, 15) is 9.18 Å². The zero-order chi connectivity index (χ0) is 21.1. The summed E-state index contributed by atoms with van der Waals surface area (Å²) in [7, 11) is 1.01. The number of halogens is 1. The van der Waals surface area contributed by atoms with Crippen molar-refractivity contribution in [3.8, 4) is 0 Å². The van der Waals surface area contributed by atoms with Crippen molar-refractivity contribution >= 4 is 30.6 Å². The van der Waals surface area contributed by atoms with Gasteiger partial charge in [-0.1, -0.05) is 6.07 Å². The summed E-state index contributed by atoms with van der Waals surface area (Å²) in [5.41, 5.74) is -0.299. The summed E-state index contributed by atoms with van der Waals surface area (Å²) < 4.78 is 31.7. The molecule has 28 heavy (non-hydrogen) atoms. The number of hydrogen-bond donors (Lipinski definition) is 1. The van der Waals surface area contributed by atoms with Crippen LogP contribution in [0.1, 0.15) is 34.6 Å². The van der Waals surface area contributed by atoms with Crippen molar-refractivity contribution in [2.45, 2.75) is 51.9 Å². The fourth-order valence-corrected chi connectivity index (χ4v) is 2.91. The molecule has 0 aliphatic carbocycles. The number of anilines is 1. The Morgan fingerprint density at radius 3 is 2.36 bits per heavy atom. The van der Waals surface area contributed by atoms with Crippen molar-refractivity contribution in [3.63, 3.8) is 0 Å². The van der Waals surface area contributed by atoms with Crippen molar-refractivity contribution in [2.24, 2.45) is 0 Å². The Bertz CT molecular complexity index is 712. The lowest BCUT2D eigenvalue weighted by Gasteiger charge is -2.32. The molecule has 1 atom stereocenters. The monoisotopic (exact) mass is 394 g/mol. The molecular formula is C19H28BFN2O5. The third kappa shape index (κ3) is 4.53. The van der Waals surface area contributed by atoms with Gasteiger partial charge in [-0.3, -0.25) is 4.90 Å². The number of amides is 1. The summed E-state index contributed by atoms with van der Waals surface area (Å²) >= 11 is 0. The highest BCUT2D eigenvalue weighted by molar-refractivity contribution is 6.62. The summed E-state index contributed by atoms with van der Waals surface area (Å²) in [4.78, 5) is 22.2. The minimum atomic E-state index is -0.776. The van der Waals surface area contributed by atoms with Gasteiger partial charge in [0.2, 0.25) is 0 Å². The molecular weight excluding hydrogens is 366 g/mol. The minimum absolute atomic E-state index is 0.247. The predicted octanol–water partition coefficient (Wildman–Crippen LogP) is 1.87. The molecule has 154 valence electrons. The van der Waals surface area contributed by atoms with Crippen molar-refractivity contribution < 1.29 is 28.0 Å². The molecule has 0 spiro atoms. The van der Waals surface area contributed by atoms with Crippen molar-refractivity contribution in [1.29, 1.82) is 0 Å². The molecule has 0 radical (unpaired) electrons. The Balaban J connectivity index is 0.000000878. The van der Waals surface area contributed by atoms with Crippen molar-refractivity contribution in [1.82, 2.24) is 5.32 Å². The predicted molar refractivity (Wildman–Crippen MR) is 105 cm³/mol. The highest BCUT2D eigenvalue weighted by atomic mass is 19.1. The smallest absolute Gasteiger partial charge is 0.443 e. The van der Waals surface area contributed by atoms with Gasteiger partial charge in [0, 0.05) is 12.0 Å². The second kappa shape index (κ2) is 8.59. The first-order chi connectivity index (χ1) is 13.1. The Morgan fingerprint density at radius 1 is 1.29 bits per heavy atom. The number of nitrogens with zero attached hydrogens (tertiary/aromatic N) is 1. The summed E-state index contributed by atoms with van der Waals surface area (Å²) in [6, 6.07) is 4.61. The number of rotatable bonds is 4. The summed E-state index contributed by atoms with van der Waals surface area (Å²) in [5.74, 6) is -0.471. The van der Waals surface area contributed by atoms with Crippen LogP contribution in [0.25, 0.3) is 0 Å². The summed E-state index contributed by atoms with van der Waals surface area (Å²) in [5, 5.41) is 2.96. The Morgan fingerprint density at radius 2 is 1.86 bits per heavy atom. The van der Waals surface area contributed by atoms with E-state index in [0.717, 1.165) is 6.29 Å². The average Bonchev–Trinajstić information content (AvgIpc) is 3.04. The van der Waals surface area contributed by atoms with Gasteiger partial charge in [-0.15, -0.1) is 0 Å². The lowest BCUT2D eigenvalue weighted by Crippen LogP contribution is -2.41. The maximum Gasteiger partial charge on any atom is 0.497 e. The van der Waals surface area contributed by atoms with Crippen LogP contribution in [-0.2, 0) is 18.8 Å². The fourth-order valence-electron chi connectivity index (χ4n) is 2.91. The quantitative estimate of drug-likeness (QED) is 0.621. The molecule has 2 aliphatic heterocycles. The van der Waals surface area contributed by atoms with Crippen LogP contribution < -0.4 is 15.7 Å². The number of likely N-dealkylation sites (N-methyl/N-ethyl adjacent to an activating group) is 1. The number of hydrogen-bond acceptors (Lipinski definition) is 6. The van der Waals surface area contributed by atoms with E-state index in [1.165, 1.54) is 17.9 Å². The number of nitrogens with one attached hydrogen (secondary N) is 1. The van der Waals surface area contributed by atoms with Crippen molar-refractivity contribution in [2.75, 3.05) is 25.0 Å². The molecule has 9 heteroatoms. The van der Waals surface area contributed by atoms with Crippen LogP contribution in [0.2, 0.25) is 0 Å². The fraction of sp³-hybridized carbons (Fsp3) is 0.579. The normalized spacial score (nSPS) is 22.5. The van der Waals surface area contributed by atoms with E-state index >= 15 is 0 Å². The Labute approximate surface area is 165 Å². The molecule has 2 aliphatic rings. The average molecular weight is 394 g/mol. The van der Waals surface area contributed by atoms with Gasteiger partial charge in [0.05, 0.1) is 23.4 Å². The van der Waals surface area contributed by atoms with Crippen LogP contribution in [0.3, 0.4) is 0 Å². The molecule has 1 amide bonds. The number of cyclic esters (lactones) is 1. The van der Waals surface area contributed by atoms with E-state index < -0.39 is 30.2 Å². The standard InChI is InChI=1S/C17H24BFN2O4.C2H4O/c1-16(2)17(3,4)25-18(24-16)13-7-6-11(8-14(13)19)21-10-12(9-20-5)23-15(21)22;1-2-3/h6-8,12,20H,9-10H2,1-5H3;2H,1H3. The molecule has 2 heterocycles. The molecule has 7 nitrogen and oxygen atoms in total. The minimum Gasteiger partial charge on any atom is -0.443 e. The van der Waals surface area contributed by atoms with E-state index in [2.05, 4.69) is 5.32 Å². The first kappa shape index (κ1) is 22.3. The largest absolute Gasteiger partial charge is 0.497 e. The molecule has 0 bridgehead atoms. The molecule has 0 saturated carbocycles. The lowest BCUT2D eigenvalue weighted by molar-refractivity contribution is -0.106. The number of carbonyl (C=O) groups is 2. The summed E-state index contributed by atoms with van der Waals surface area (Å²) in [6.45, 7) is 10.1. The summed E-state index contributed by atoms with van der Waals surface area (Å²) in [6.07, 6.45) is 0.0337. The van der Waals surface area contributed by atoms with Crippen LogP contribution >= 0.6 is 0 Å². The molecule has 2 saturated heterocycles. The van der Waals surface area contributed by atoms with Crippen LogP contribution in [0.4, 0.5) is 14.9 Å². The van der Waals surface area contributed by atoms with Gasteiger partial charge in [-0.05, 0) is 53.8 Å². The van der Waals surface area contributed by atoms with Gasteiger partial charge in [0.15, 0.2) is 0 Å². The van der Waals surface area contributed by atoms with E-state index in [1.807, 2.05) is 27.7 Å². The van der Waals surface area contributed by atoms with Crippen LogP contribution in [-0.4, -0.2) is 56.9 Å². The third-order valence-corrected chi connectivity index (χ3v) is 5.11. The van der Waals surface area contributed by atoms with Gasteiger partial charge in [-0.2, -0.15) is 0 Å². The highest BCUT2D eigenvalue weighted by Gasteiger charge is 2.52. The second-order valence-corrected chi connectivity index (χ2v) is 7.70. The molecule has 2 fully saturated rings. The number of aldehydes is 1. The zero-order valence-electron chi connectivity index (χ0n) is 17.2. The van der Waals surface area contributed by atoms with E-state index in [0.29, 0.717) is 24.2 Å². The van der Waals surface area contributed by atoms with Crippen LogP contribution in [0.5, 0.6) is 0 Å². The maximum atomic E-state index is 14.7. The Hall–Kier alpha value is -1.97. The number of benzene rings is 1. The highest BCUT2D eigenvalue weighted by Crippen LogP contribution is 2.36. The molecule has 3 rings (SSSR count). The molecule has 1 unspecified atom stereocenters. The Kier molecular flexibility index (Phi) is 6.85. The second-order valence-electron chi connectivity index (χ2n) is 7.70. The van der Waals surface area contributed by atoms with Crippen LogP contribution in [0.15, 0.2) is 18.2 Å². The molecule has 1 aromatic carbocycles. The van der Waals surface area contributed by atoms with Crippen LogP contribution in [0, 0.1) is 5.82 Å². The first-order valence-corrected chi connectivity index (χ1v) is 9.24. The lowest BCUT2D eigenvalue weighted by atomic mass is 9.78. The first-order valence-electron chi connectivity index (χ1n) is 9.24. The number of carbonyl (C=O) groups excluding carboxylic acids is 2. The van der Waals surface area contributed by atoms with Gasteiger partial charge >= 0.3 is 13.2 Å². The van der Waals surface area contributed by atoms with Gasteiger partial charge in [-0.25, -0.2) is 9.18 Å². The van der Waals surface area contributed by atoms with E-state index in [4.69, 9.17) is 18.8 Å². The molecule has 1 aromatic rings. The van der Waals surface area contributed by atoms with Gasteiger partial charge in [0.25, 0.3) is 0 Å². The van der Waals surface area contributed by atoms with E-state index in [1.54, 1.807) is 19.2 Å². The van der Waals surface area contributed by atoms with Gasteiger partial charge < -0.3 is 24.2 Å². The maximum absolute atomic E-state index is 14.7.